The van der Waals surface area contributed by atoms with Gasteiger partial charge in [0.25, 0.3) is 0 Å². The van der Waals surface area contributed by atoms with Crippen LogP contribution in [-0.4, -0.2) is 15.4 Å². The zero-order valence-corrected chi connectivity index (χ0v) is 15.7. The maximum Gasteiger partial charge on any atom is 0.147 e. The Morgan fingerprint density at radius 1 is 0.957 bits per heavy atom. The van der Waals surface area contributed by atoms with Crippen molar-refractivity contribution >= 4 is 39.7 Å². The lowest BCUT2D eigenvalue weighted by Crippen LogP contribution is -2.28. The molecule has 0 fully saturated rings. The van der Waals surface area contributed by atoms with Gasteiger partial charge < -0.3 is 4.74 Å². The number of nitrogens with zero attached hydrogens (tertiary/aromatic N) is 1. The average molecular weight is 346 g/mol. The number of ether oxygens (including phenoxy) is 1. The highest BCUT2D eigenvalue weighted by Crippen LogP contribution is 2.31. The van der Waals surface area contributed by atoms with Crippen LogP contribution < -0.4 is 4.90 Å². The molecule has 0 aliphatic heterocycles. The van der Waals surface area contributed by atoms with Gasteiger partial charge in [0.05, 0.1) is 5.60 Å². The number of hydrogen-bond acceptors (Lipinski definition) is 3. The number of hydrogen-bond donors (Lipinski definition) is 0. The molecule has 0 amide bonds. The second-order valence-corrected chi connectivity index (χ2v) is 8.12. The molecular weight excluding hydrogens is 322 g/mol. The first-order valence-corrected chi connectivity index (χ1v) is 8.94. The molecule has 1 atom stereocenters. The monoisotopic (exact) mass is 345 g/mol. The smallest absolute Gasteiger partial charge is 0.147 e. The van der Waals surface area contributed by atoms with Gasteiger partial charge in [-0.1, -0.05) is 60.4 Å². The number of benzene rings is 2. The quantitative estimate of drug-likeness (QED) is 0.497. The van der Waals surface area contributed by atoms with E-state index >= 15 is 0 Å². The molecule has 0 radical (unpaired) electrons. The minimum atomic E-state index is -0.188. The van der Waals surface area contributed by atoms with Gasteiger partial charge in [-0.3, -0.25) is 4.90 Å². The molecule has 23 heavy (non-hydrogen) atoms. The second kappa shape index (κ2) is 7.95. The van der Waals surface area contributed by atoms with Crippen LogP contribution in [0.25, 0.3) is 0 Å². The fourth-order valence-corrected chi connectivity index (χ4v) is 3.78. The molecule has 0 aliphatic carbocycles. The second-order valence-electron chi connectivity index (χ2n) is 6.19. The Labute approximate surface area is 148 Å². The van der Waals surface area contributed by atoms with E-state index in [2.05, 4.69) is 49.9 Å². The van der Waals surface area contributed by atoms with Gasteiger partial charge in [-0.05, 0) is 52.0 Å². The molecule has 0 saturated carbocycles. The Morgan fingerprint density at radius 3 is 1.78 bits per heavy atom. The van der Waals surface area contributed by atoms with Crippen LogP contribution in [0.5, 0.6) is 0 Å². The molecule has 4 heteroatoms. The summed E-state index contributed by atoms with van der Waals surface area (Å²) < 4.78 is 6.76. The highest BCUT2D eigenvalue weighted by atomic mass is 32.2. The number of rotatable bonds is 4. The molecule has 0 aromatic heterocycles. The van der Waals surface area contributed by atoms with Gasteiger partial charge in [-0.25, -0.2) is 0 Å². The molecule has 2 aromatic rings. The lowest BCUT2D eigenvalue weighted by Gasteiger charge is -2.29. The fraction of sp³-hybridized carbons (Fsp3) is 0.316. The minimum absolute atomic E-state index is 0.0163. The molecule has 0 spiro atoms. The van der Waals surface area contributed by atoms with Crippen LogP contribution in [0.3, 0.4) is 0 Å². The van der Waals surface area contributed by atoms with E-state index in [1.165, 1.54) is 0 Å². The minimum Gasteiger partial charge on any atom is -0.362 e. The molecule has 0 heterocycles. The van der Waals surface area contributed by atoms with E-state index < -0.39 is 0 Å². The zero-order chi connectivity index (χ0) is 16.9. The third-order valence-corrected chi connectivity index (χ3v) is 4.28. The topological polar surface area (TPSA) is 12.5 Å². The van der Waals surface area contributed by atoms with Gasteiger partial charge in [-0.2, -0.15) is 0 Å². The molecule has 2 nitrogen and oxygen atoms in total. The van der Waals surface area contributed by atoms with Crippen molar-refractivity contribution in [2.75, 3.05) is 4.90 Å². The summed E-state index contributed by atoms with van der Waals surface area (Å²) in [6.07, 6.45) is 0. The summed E-state index contributed by atoms with van der Waals surface area (Å²) in [6, 6.07) is 20.4. The summed E-state index contributed by atoms with van der Waals surface area (Å²) in [5.41, 5.74) is 1.91. The van der Waals surface area contributed by atoms with Gasteiger partial charge in [-0.15, -0.1) is 0 Å². The van der Waals surface area contributed by atoms with Gasteiger partial charge in [0.1, 0.15) is 9.76 Å². The largest absolute Gasteiger partial charge is 0.362 e. The van der Waals surface area contributed by atoms with E-state index in [4.69, 9.17) is 17.0 Å². The Bertz CT molecular complexity index is 583. The van der Waals surface area contributed by atoms with Crippen molar-refractivity contribution < 1.29 is 4.74 Å². The average Bonchev–Trinajstić information content (AvgIpc) is 2.47. The highest BCUT2D eigenvalue weighted by Gasteiger charge is 2.21. The van der Waals surface area contributed by atoms with E-state index in [9.17, 15) is 0 Å². The molecule has 2 rings (SSSR count). The Kier molecular flexibility index (Phi) is 6.22. The fourth-order valence-electron chi connectivity index (χ4n) is 2.23. The van der Waals surface area contributed by atoms with Crippen LogP contribution in [0, 0.1) is 0 Å². The SMILES string of the molecule is CC(OC(C)(C)C)SC(=S)N(c1ccccc1)c1ccccc1. The predicted molar refractivity (Wildman–Crippen MR) is 106 cm³/mol. The summed E-state index contributed by atoms with van der Waals surface area (Å²) in [4.78, 5) is 2.09. The molecular formula is C19H23NOS2. The van der Waals surface area contributed by atoms with Crippen LogP contribution in [-0.2, 0) is 4.74 Å². The normalized spacial score (nSPS) is 12.7. The van der Waals surface area contributed by atoms with Crippen molar-refractivity contribution in [3.8, 4) is 0 Å². The first-order valence-electron chi connectivity index (χ1n) is 7.65. The Morgan fingerprint density at radius 2 is 1.39 bits per heavy atom. The Hall–Kier alpha value is -1.36. The molecule has 2 aromatic carbocycles. The van der Waals surface area contributed by atoms with Crippen molar-refractivity contribution in [2.24, 2.45) is 0 Å². The van der Waals surface area contributed by atoms with Crippen LogP contribution >= 0.6 is 24.0 Å². The predicted octanol–water partition coefficient (Wildman–Crippen LogP) is 6.00. The van der Waals surface area contributed by atoms with Crippen LogP contribution in [0.15, 0.2) is 60.7 Å². The van der Waals surface area contributed by atoms with Crippen molar-refractivity contribution in [2.45, 2.75) is 38.7 Å². The van der Waals surface area contributed by atoms with Crippen molar-refractivity contribution in [1.29, 1.82) is 0 Å². The summed E-state index contributed by atoms with van der Waals surface area (Å²) >= 11 is 7.27. The van der Waals surface area contributed by atoms with Gasteiger partial charge in [0.2, 0.25) is 0 Å². The maximum atomic E-state index is 5.98. The summed E-state index contributed by atoms with van der Waals surface area (Å²) in [7, 11) is 0. The van der Waals surface area contributed by atoms with Crippen LogP contribution in [0.2, 0.25) is 0 Å². The summed E-state index contributed by atoms with van der Waals surface area (Å²) in [6.45, 7) is 8.20. The number of para-hydroxylation sites is 2. The molecule has 0 saturated heterocycles. The summed E-state index contributed by atoms with van der Waals surface area (Å²) in [5.74, 6) is 0. The lowest BCUT2D eigenvalue weighted by molar-refractivity contribution is -0.0110. The van der Waals surface area contributed by atoms with Crippen LogP contribution in [0.4, 0.5) is 11.4 Å². The van der Waals surface area contributed by atoms with Gasteiger partial charge >= 0.3 is 0 Å². The van der Waals surface area contributed by atoms with E-state index in [1.807, 2.05) is 43.3 Å². The van der Waals surface area contributed by atoms with Crippen molar-refractivity contribution in [3.05, 3.63) is 60.7 Å². The zero-order valence-electron chi connectivity index (χ0n) is 14.0. The summed E-state index contributed by atoms with van der Waals surface area (Å²) in [5, 5.41) is 0. The van der Waals surface area contributed by atoms with E-state index in [-0.39, 0.29) is 11.0 Å². The molecule has 122 valence electrons. The molecule has 0 aliphatic rings. The van der Waals surface area contributed by atoms with Crippen LogP contribution in [0.1, 0.15) is 27.7 Å². The van der Waals surface area contributed by atoms with Gasteiger partial charge in [0, 0.05) is 11.4 Å². The van der Waals surface area contributed by atoms with Crippen molar-refractivity contribution in [1.82, 2.24) is 0 Å². The highest BCUT2D eigenvalue weighted by molar-refractivity contribution is 8.23. The van der Waals surface area contributed by atoms with E-state index in [0.717, 1.165) is 15.7 Å². The van der Waals surface area contributed by atoms with Crippen molar-refractivity contribution in [3.63, 3.8) is 0 Å². The maximum absolute atomic E-state index is 5.98. The first kappa shape index (κ1) is 18.0. The number of thiocarbonyl (C=S) groups is 1. The van der Waals surface area contributed by atoms with E-state index in [1.54, 1.807) is 11.8 Å². The van der Waals surface area contributed by atoms with Gasteiger partial charge in [0.15, 0.2) is 0 Å². The number of thioether (sulfide) groups is 1. The lowest BCUT2D eigenvalue weighted by atomic mass is 10.2. The third-order valence-electron chi connectivity index (χ3n) is 3.00. The molecule has 1 unspecified atom stereocenters. The standard InChI is InChI=1S/C19H23NOS2/c1-15(21-19(2,3)4)23-18(22)20(16-11-7-5-8-12-16)17-13-9-6-10-14-17/h5-15H,1-4H3. The molecule has 0 N–H and O–H groups in total. The number of anilines is 2. The third kappa shape index (κ3) is 5.65. The Balaban J connectivity index is 2.23. The first-order chi connectivity index (χ1) is 10.9. The molecule has 0 bridgehead atoms. The van der Waals surface area contributed by atoms with E-state index in [0.29, 0.717) is 0 Å².